The lowest BCUT2D eigenvalue weighted by molar-refractivity contribution is 0.0274. The molecule has 114 valence electrons. The first-order valence-electron chi connectivity index (χ1n) is 7.33. The third-order valence-corrected chi connectivity index (χ3v) is 3.72. The van der Waals surface area contributed by atoms with Crippen LogP contribution in [0.2, 0.25) is 0 Å². The molecular weight excluding hydrogens is 269 g/mol. The summed E-state index contributed by atoms with van der Waals surface area (Å²) in [5, 5.41) is 18.0. The summed E-state index contributed by atoms with van der Waals surface area (Å²) in [6.07, 6.45) is 1.99. The normalized spacial score (nSPS) is 20.8. The molecule has 0 heterocycles. The van der Waals surface area contributed by atoms with Crippen molar-refractivity contribution in [2.45, 2.75) is 31.9 Å². The van der Waals surface area contributed by atoms with Gasteiger partial charge in [0, 0.05) is 19.5 Å². The summed E-state index contributed by atoms with van der Waals surface area (Å²) >= 11 is 0. The predicted molar refractivity (Wildman–Crippen MR) is 80.0 cm³/mol. The molecule has 1 aromatic rings. The van der Waals surface area contributed by atoms with Crippen LogP contribution in [0.25, 0.3) is 0 Å². The van der Waals surface area contributed by atoms with Gasteiger partial charge in [-0.25, -0.2) is 4.39 Å². The van der Waals surface area contributed by atoms with Crippen molar-refractivity contribution in [3.8, 4) is 11.8 Å². The average Bonchev–Trinajstić information content (AvgIpc) is 2.41. The van der Waals surface area contributed by atoms with Crippen LogP contribution >= 0.6 is 0 Å². The molecule has 0 amide bonds. The Hall–Kier alpha value is -1.41. The molecule has 2 rings (SSSR count). The molecule has 0 saturated heterocycles. The third-order valence-electron chi connectivity index (χ3n) is 3.72. The Morgan fingerprint density at radius 1 is 1.38 bits per heavy atom. The fourth-order valence-corrected chi connectivity index (χ4v) is 2.65. The second-order valence-corrected chi connectivity index (χ2v) is 5.78. The van der Waals surface area contributed by atoms with Crippen LogP contribution in [0.3, 0.4) is 0 Å². The highest BCUT2D eigenvalue weighted by molar-refractivity contribution is 5.38. The van der Waals surface area contributed by atoms with Gasteiger partial charge >= 0.3 is 0 Å². The molecule has 0 aromatic heterocycles. The second-order valence-electron chi connectivity index (χ2n) is 5.78. The molecule has 0 unspecified atom stereocenters. The molecule has 1 fully saturated rings. The van der Waals surface area contributed by atoms with Gasteiger partial charge in [0.2, 0.25) is 0 Å². The summed E-state index contributed by atoms with van der Waals surface area (Å²) < 4.78 is 13.6. The van der Waals surface area contributed by atoms with Crippen molar-refractivity contribution < 1.29 is 14.6 Å². The highest BCUT2D eigenvalue weighted by Gasteiger charge is 2.27. The van der Waals surface area contributed by atoms with E-state index in [1.165, 1.54) is 6.07 Å². The van der Waals surface area contributed by atoms with E-state index < -0.39 is 0 Å². The third kappa shape index (κ3) is 4.82. The van der Waals surface area contributed by atoms with Gasteiger partial charge in [0.05, 0.1) is 18.3 Å². The van der Waals surface area contributed by atoms with Crippen LogP contribution in [0.15, 0.2) is 18.2 Å². The molecule has 21 heavy (non-hydrogen) atoms. The summed E-state index contributed by atoms with van der Waals surface area (Å²) in [5.74, 6) is 5.75. The van der Waals surface area contributed by atoms with Gasteiger partial charge < -0.3 is 15.1 Å². The molecule has 1 aliphatic carbocycles. The Morgan fingerprint density at radius 3 is 2.81 bits per heavy atom. The van der Waals surface area contributed by atoms with Crippen molar-refractivity contribution in [1.82, 2.24) is 4.90 Å². The van der Waals surface area contributed by atoms with E-state index in [1.54, 1.807) is 12.1 Å². The zero-order chi connectivity index (χ0) is 15.2. The van der Waals surface area contributed by atoms with Crippen LogP contribution in [0.1, 0.15) is 30.4 Å². The maximum Gasteiger partial charge on any atom is 0.138 e. The Balaban J connectivity index is 1.93. The molecule has 2 N–H and O–H groups in total. The van der Waals surface area contributed by atoms with E-state index in [4.69, 9.17) is 5.11 Å². The van der Waals surface area contributed by atoms with Crippen LogP contribution in [0.5, 0.6) is 0 Å². The zero-order valence-electron chi connectivity index (χ0n) is 12.3. The molecular formula is C17H22FNO2. The molecule has 0 spiro atoms. The number of aliphatic hydroxyl groups excluding tert-OH is 2. The standard InChI is InChI=1S/C17H22FNO2/c1-19(12-14-9-16(21)10-14)11-13-5-6-17(18)15(8-13)4-2-3-7-20/h5-6,8,14,16,20-21H,3,7,9-12H2,1H3. The molecule has 0 aliphatic heterocycles. The van der Waals surface area contributed by atoms with E-state index in [0.717, 1.165) is 31.5 Å². The quantitative estimate of drug-likeness (QED) is 0.813. The van der Waals surface area contributed by atoms with E-state index in [1.807, 2.05) is 7.05 Å². The first-order chi connectivity index (χ1) is 10.1. The Labute approximate surface area is 125 Å². The number of hydrogen-bond acceptors (Lipinski definition) is 3. The minimum atomic E-state index is -0.325. The van der Waals surface area contributed by atoms with E-state index in [9.17, 15) is 9.50 Å². The van der Waals surface area contributed by atoms with Crippen LogP contribution in [-0.4, -0.2) is 41.4 Å². The summed E-state index contributed by atoms with van der Waals surface area (Å²) in [5.41, 5.74) is 1.40. The number of nitrogens with zero attached hydrogens (tertiary/aromatic N) is 1. The highest BCUT2D eigenvalue weighted by Crippen LogP contribution is 2.27. The van der Waals surface area contributed by atoms with Crippen LogP contribution in [0, 0.1) is 23.6 Å². The minimum Gasteiger partial charge on any atom is -0.395 e. The average molecular weight is 291 g/mol. The van der Waals surface area contributed by atoms with Crippen molar-refractivity contribution >= 4 is 0 Å². The van der Waals surface area contributed by atoms with Crippen LogP contribution in [0.4, 0.5) is 4.39 Å². The summed E-state index contributed by atoms with van der Waals surface area (Å²) in [4.78, 5) is 2.19. The van der Waals surface area contributed by atoms with Gasteiger partial charge in [0.25, 0.3) is 0 Å². The van der Waals surface area contributed by atoms with Crippen molar-refractivity contribution in [3.05, 3.63) is 35.1 Å². The molecule has 3 nitrogen and oxygen atoms in total. The Bertz CT molecular complexity index is 529. The molecule has 1 aliphatic rings. The van der Waals surface area contributed by atoms with Crippen molar-refractivity contribution in [2.75, 3.05) is 20.2 Å². The molecule has 4 heteroatoms. The largest absolute Gasteiger partial charge is 0.395 e. The number of halogens is 1. The van der Waals surface area contributed by atoms with E-state index in [-0.39, 0.29) is 18.5 Å². The smallest absolute Gasteiger partial charge is 0.138 e. The van der Waals surface area contributed by atoms with E-state index >= 15 is 0 Å². The van der Waals surface area contributed by atoms with Gasteiger partial charge in [0.1, 0.15) is 5.82 Å². The van der Waals surface area contributed by atoms with Crippen molar-refractivity contribution in [3.63, 3.8) is 0 Å². The van der Waals surface area contributed by atoms with Gasteiger partial charge in [-0.1, -0.05) is 17.9 Å². The second kappa shape index (κ2) is 7.56. The fourth-order valence-electron chi connectivity index (χ4n) is 2.65. The molecule has 1 aromatic carbocycles. The first-order valence-corrected chi connectivity index (χ1v) is 7.33. The maximum absolute atomic E-state index is 13.6. The van der Waals surface area contributed by atoms with Crippen molar-refractivity contribution in [1.29, 1.82) is 0 Å². The van der Waals surface area contributed by atoms with Gasteiger partial charge in [0.15, 0.2) is 0 Å². The number of aliphatic hydroxyl groups is 2. The van der Waals surface area contributed by atoms with Crippen molar-refractivity contribution in [2.24, 2.45) is 5.92 Å². The summed E-state index contributed by atoms with van der Waals surface area (Å²) in [7, 11) is 2.03. The number of rotatable bonds is 5. The zero-order valence-corrected chi connectivity index (χ0v) is 12.3. The summed E-state index contributed by atoms with van der Waals surface area (Å²) in [6, 6.07) is 4.99. The Morgan fingerprint density at radius 2 is 2.14 bits per heavy atom. The lowest BCUT2D eigenvalue weighted by atomic mass is 9.82. The van der Waals surface area contributed by atoms with Gasteiger partial charge in [-0.05, 0) is 43.5 Å². The number of benzene rings is 1. The van der Waals surface area contributed by atoms with Gasteiger partial charge in [-0.3, -0.25) is 0 Å². The fraction of sp³-hybridized carbons (Fsp3) is 0.529. The van der Waals surface area contributed by atoms with Gasteiger partial charge in [-0.2, -0.15) is 0 Å². The molecule has 0 bridgehead atoms. The molecule has 0 radical (unpaired) electrons. The summed E-state index contributed by atoms with van der Waals surface area (Å²) in [6.45, 7) is 1.67. The predicted octanol–water partition coefficient (Wildman–Crippen LogP) is 1.76. The SMILES string of the molecule is CN(Cc1ccc(F)c(C#CCCO)c1)CC1CC(O)C1. The monoisotopic (exact) mass is 291 g/mol. The lowest BCUT2D eigenvalue weighted by Gasteiger charge is -2.34. The Kier molecular flexibility index (Phi) is 5.75. The maximum atomic E-state index is 13.6. The van der Waals surface area contributed by atoms with E-state index in [0.29, 0.717) is 17.9 Å². The van der Waals surface area contributed by atoms with E-state index in [2.05, 4.69) is 16.7 Å². The topological polar surface area (TPSA) is 43.7 Å². The minimum absolute atomic E-state index is 0.00964. The number of hydrogen-bond donors (Lipinski definition) is 2. The van der Waals surface area contributed by atoms with Gasteiger partial charge in [-0.15, -0.1) is 0 Å². The van der Waals surface area contributed by atoms with Crippen LogP contribution in [-0.2, 0) is 6.54 Å². The molecule has 0 atom stereocenters. The van der Waals surface area contributed by atoms with Crippen LogP contribution < -0.4 is 0 Å². The highest BCUT2D eigenvalue weighted by atomic mass is 19.1. The molecule has 1 saturated carbocycles. The lowest BCUT2D eigenvalue weighted by Crippen LogP contribution is -2.36. The first kappa shape index (κ1) is 16.0.